The molecule has 0 aliphatic carbocycles. The van der Waals surface area contributed by atoms with Gasteiger partial charge in [0.25, 0.3) is 5.91 Å². The minimum atomic E-state index is -0.583. The SMILES string of the molecule is CCC(CC)n1ccc(C(=O)N2C[C@H](O)C[C@H]2c2ccc(F)cc2)n1. The van der Waals surface area contributed by atoms with E-state index in [1.165, 1.54) is 12.1 Å². The molecule has 1 aliphatic rings. The molecule has 3 rings (SSSR count). The monoisotopic (exact) mass is 345 g/mol. The molecule has 6 heteroatoms. The maximum absolute atomic E-state index is 13.2. The van der Waals surface area contributed by atoms with Gasteiger partial charge in [-0.2, -0.15) is 5.10 Å². The lowest BCUT2D eigenvalue weighted by Crippen LogP contribution is -2.32. The van der Waals surface area contributed by atoms with Crippen molar-refractivity contribution in [3.8, 4) is 0 Å². The number of aromatic nitrogens is 2. The van der Waals surface area contributed by atoms with Crippen LogP contribution in [0, 0.1) is 5.82 Å². The molecule has 0 spiro atoms. The maximum Gasteiger partial charge on any atom is 0.274 e. The Morgan fingerprint density at radius 3 is 2.60 bits per heavy atom. The van der Waals surface area contributed by atoms with Crippen LogP contribution in [0.4, 0.5) is 4.39 Å². The van der Waals surface area contributed by atoms with Crippen LogP contribution in [0.3, 0.4) is 0 Å². The summed E-state index contributed by atoms with van der Waals surface area (Å²) in [6.45, 7) is 4.45. The van der Waals surface area contributed by atoms with Gasteiger partial charge in [-0.25, -0.2) is 4.39 Å². The van der Waals surface area contributed by atoms with Crippen LogP contribution in [0.5, 0.6) is 0 Å². The molecule has 1 aromatic carbocycles. The van der Waals surface area contributed by atoms with E-state index >= 15 is 0 Å². The van der Waals surface area contributed by atoms with E-state index in [1.807, 2.05) is 10.9 Å². The van der Waals surface area contributed by atoms with Gasteiger partial charge in [0.15, 0.2) is 0 Å². The molecule has 134 valence electrons. The second kappa shape index (κ2) is 7.35. The highest BCUT2D eigenvalue weighted by molar-refractivity contribution is 5.92. The fourth-order valence-electron chi connectivity index (χ4n) is 3.50. The molecular formula is C19H24FN3O2. The third kappa shape index (κ3) is 3.58. The van der Waals surface area contributed by atoms with E-state index in [4.69, 9.17) is 0 Å². The Balaban J connectivity index is 1.83. The van der Waals surface area contributed by atoms with Gasteiger partial charge in [-0.1, -0.05) is 26.0 Å². The molecule has 0 bridgehead atoms. The zero-order valence-corrected chi connectivity index (χ0v) is 14.6. The van der Waals surface area contributed by atoms with Crippen molar-refractivity contribution in [2.24, 2.45) is 0 Å². The average molecular weight is 345 g/mol. The Bertz CT molecular complexity index is 725. The van der Waals surface area contributed by atoms with Crippen LogP contribution in [-0.2, 0) is 0 Å². The minimum Gasteiger partial charge on any atom is -0.391 e. The predicted molar refractivity (Wildman–Crippen MR) is 92.6 cm³/mol. The van der Waals surface area contributed by atoms with Crippen molar-refractivity contribution < 1.29 is 14.3 Å². The molecule has 25 heavy (non-hydrogen) atoms. The van der Waals surface area contributed by atoms with Crippen molar-refractivity contribution in [2.75, 3.05) is 6.54 Å². The average Bonchev–Trinajstić information content (AvgIpc) is 3.23. The van der Waals surface area contributed by atoms with Crippen molar-refractivity contribution in [3.05, 3.63) is 53.6 Å². The predicted octanol–water partition coefficient (Wildman–Crippen LogP) is 3.33. The van der Waals surface area contributed by atoms with Gasteiger partial charge >= 0.3 is 0 Å². The molecule has 1 fully saturated rings. The largest absolute Gasteiger partial charge is 0.391 e. The summed E-state index contributed by atoms with van der Waals surface area (Å²) in [4.78, 5) is 14.6. The summed E-state index contributed by atoms with van der Waals surface area (Å²) in [7, 11) is 0. The Hall–Kier alpha value is -2.21. The second-order valence-electron chi connectivity index (χ2n) is 6.57. The van der Waals surface area contributed by atoms with Gasteiger partial charge in [-0.15, -0.1) is 0 Å². The Labute approximate surface area is 147 Å². The fraction of sp³-hybridized carbons (Fsp3) is 0.474. The highest BCUT2D eigenvalue weighted by atomic mass is 19.1. The summed E-state index contributed by atoms with van der Waals surface area (Å²) in [5.74, 6) is -0.514. The van der Waals surface area contributed by atoms with E-state index in [2.05, 4.69) is 18.9 Å². The van der Waals surface area contributed by atoms with Crippen LogP contribution in [0.2, 0.25) is 0 Å². The maximum atomic E-state index is 13.2. The van der Waals surface area contributed by atoms with E-state index in [9.17, 15) is 14.3 Å². The number of amides is 1. The van der Waals surface area contributed by atoms with E-state index in [-0.39, 0.29) is 30.4 Å². The number of benzene rings is 1. The molecule has 2 atom stereocenters. The lowest BCUT2D eigenvalue weighted by atomic mass is 10.0. The van der Waals surface area contributed by atoms with Crippen molar-refractivity contribution in [1.29, 1.82) is 0 Å². The van der Waals surface area contributed by atoms with Crippen molar-refractivity contribution in [1.82, 2.24) is 14.7 Å². The zero-order valence-electron chi connectivity index (χ0n) is 14.6. The van der Waals surface area contributed by atoms with Crippen LogP contribution in [0.15, 0.2) is 36.5 Å². The lowest BCUT2D eigenvalue weighted by Gasteiger charge is -2.24. The molecule has 1 N–H and O–H groups in total. The normalized spacial score (nSPS) is 20.4. The lowest BCUT2D eigenvalue weighted by molar-refractivity contribution is 0.0708. The minimum absolute atomic E-state index is 0.199. The highest BCUT2D eigenvalue weighted by Gasteiger charge is 2.36. The first-order valence-corrected chi connectivity index (χ1v) is 8.83. The van der Waals surface area contributed by atoms with Gasteiger partial charge in [0, 0.05) is 12.7 Å². The number of β-amino-alcohol motifs (C(OH)–C–C–N with tert-alkyl or cyclic N) is 1. The molecule has 1 aliphatic heterocycles. The van der Waals surface area contributed by atoms with E-state index < -0.39 is 6.10 Å². The molecule has 1 aromatic heterocycles. The number of aliphatic hydroxyl groups excluding tert-OH is 1. The standard InChI is InChI=1S/C19H24FN3O2/c1-3-15(4-2)23-10-9-17(21-23)19(25)22-12-16(24)11-18(22)13-5-7-14(20)8-6-13/h5-10,15-16,18,24H,3-4,11-12H2,1-2H3/t16-,18+/m1/s1. The summed E-state index contributed by atoms with van der Waals surface area (Å²) in [5, 5.41) is 14.5. The Morgan fingerprint density at radius 2 is 1.96 bits per heavy atom. The van der Waals surface area contributed by atoms with Crippen LogP contribution >= 0.6 is 0 Å². The van der Waals surface area contributed by atoms with Gasteiger partial charge < -0.3 is 10.0 Å². The van der Waals surface area contributed by atoms with Gasteiger partial charge in [0.1, 0.15) is 11.5 Å². The van der Waals surface area contributed by atoms with Gasteiger partial charge in [0.05, 0.1) is 18.2 Å². The number of likely N-dealkylation sites (tertiary alicyclic amines) is 1. The quantitative estimate of drug-likeness (QED) is 0.904. The molecule has 0 radical (unpaired) electrons. The van der Waals surface area contributed by atoms with Crippen LogP contribution < -0.4 is 0 Å². The number of halogens is 1. The second-order valence-corrected chi connectivity index (χ2v) is 6.57. The molecule has 0 saturated carbocycles. The third-order valence-electron chi connectivity index (χ3n) is 4.94. The van der Waals surface area contributed by atoms with Crippen LogP contribution in [0.25, 0.3) is 0 Å². The summed E-state index contributed by atoms with van der Waals surface area (Å²) >= 11 is 0. The van der Waals surface area contributed by atoms with Gasteiger partial charge in [0.2, 0.25) is 0 Å². The Morgan fingerprint density at radius 1 is 1.28 bits per heavy atom. The van der Waals surface area contributed by atoms with E-state index in [0.29, 0.717) is 12.1 Å². The van der Waals surface area contributed by atoms with Crippen molar-refractivity contribution in [3.63, 3.8) is 0 Å². The number of carbonyl (C=O) groups excluding carboxylic acids is 1. The van der Waals surface area contributed by atoms with Crippen LogP contribution in [0.1, 0.15) is 61.2 Å². The molecule has 2 aromatic rings. The summed E-state index contributed by atoms with van der Waals surface area (Å²) in [6, 6.07) is 7.84. The first kappa shape index (κ1) is 17.6. The fourth-order valence-corrected chi connectivity index (χ4v) is 3.50. The van der Waals surface area contributed by atoms with Gasteiger partial charge in [-0.3, -0.25) is 9.48 Å². The highest BCUT2D eigenvalue weighted by Crippen LogP contribution is 2.33. The zero-order chi connectivity index (χ0) is 18.0. The number of hydrogen-bond donors (Lipinski definition) is 1. The summed E-state index contributed by atoms with van der Waals surface area (Å²) in [6.07, 6.45) is 3.61. The molecule has 5 nitrogen and oxygen atoms in total. The van der Waals surface area contributed by atoms with Crippen molar-refractivity contribution >= 4 is 5.91 Å². The molecule has 2 heterocycles. The van der Waals surface area contributed by atoms with Gasteiger partial charge in [-0.05, 0) is 43.0 Å². The first-order chi connectivity index (χ1) is 12.0. The topological polar surface area (TPSA) is 58.4 Å². The van der Waals surface area contributed by atoms with Crippen LogP contribution in [-0.4, -0.2) is 38.3 Å². The number of aliphatic hydroxyl groups is 1. The number of rotatable bonds is 5. The third-order valence-corrected chi connectivity index (χ3v) is 4.94. The summed E-state index contributed by atoms with van der Waals surface area (Å²) < 4.78 is 15.0. The number of hydrogen-bond acceptors (Lipinski definition) is 3. The smallest absolute Gasteiger partial charge is 0.274 e. The summed E-state index contributed by atoms with van der Waals surface area (Å²) in [5.41, 5.74) is 1.21. The number of nitrogens with zero attached hydrogens (tertiary/aromatic N) is 3. The molecule has 0 unspecified atom stereocenters. The van der Waals surface area contributed by atoms with Crippen molar-refractivity contribution in [2.45, 2.75) is 51.3 Å². The number of carbonyl (C=O) groups is 1. The molecular weight excluding hydrogens is 321 g/mol. The van der Waals surface area contributed by atoms with E-state index in [0.717, 1.165) is 18.4 Å². The Kier molecular flexibility index (Phi) is 5.18. The first-order valence-electron chi connectivity index (χ1n) is 8.83. The van der Waals surface area contributed by atoms with E-state index in [1.54, 1.807) is 23.1 Å². The molecule has 1 amide bonds. The molecule has 1 saturated heterocycles.